The number of urea groups is 1. The standard InChI is InChI=1S/C26H27N9O4S2/c1-18-9-11-28-24(29-18)33-41(38,39)21-7-5-19(6-8-21)30-23(36)16-20-17-40-25(31-20)32-26(37)35-14-12-34(13-15-35)22-4-2-3-10-27-22/h2-11,17H,12-16H2,1H3,(H,30,36)(H,28,29,33)(H,31,32,37). The summed E-state index contributed by atoms with van der Waals surface area (Å²) in [6.45, 7) is 4.20. The van der Waals surface area contributed by atoms with Gasteiger partial charge in [0.2, 0.25) is 11.9 Å². The van der Waals surface area contributed by atoms with Crippen LogP contribution in [-0.4, -0.2) is 71.4 Å². The van der Waals surface area contributed by atoms with Crippen LogP contribution >= 0.6 is 11.3 Å². The topological polar surface area (TPSA) is 162 Å². The predicted molar refractivity (Wildman–Crippen MR) is 156 cm³/mol. The molecule has 0 spiro atoms. The van der Waals surface area contributed by atoms with E-state index in [0.29, 0.717) is 48.4 Å². The molecule has 0 unspecified atom stereocenters. The first kappa shape index (κ1) is 27.9. The van der Waals surface area contributed by atoms with Crippen LogP contribution in [0, 0.1) is 6.92 Å². The molecule has 1 aliphatic heterocycles. The van der Waals surface area contributed by atoms with Crippen LogP contribution in [0.15, 0.2) is 71.2 Å². The lowest BCUT2D eigenvalue weighted by Gasteiger charge is -2.35. The SMILES string of the molecule is Cc1ccnc(NS(=O)(=O)c2ccc(NC(=O)Cc3csc(NC(=O)N4CCN(c5ccccn5)CC4)n3)cc2)n1. The van der Waals surface area contributed by atoms with Gasteiger partial charge in [-0.1, -0.05) is 6.07 Å². The minimum absolute atomic E-state index is 0.00126. The van der Waals surface area contributed by atoms with Crippen molar-refractivity contribution in [1.29, 1.82) is 0 Å². The number of nitrogens with zero attached hydrogens (tertiary/aromatic N) is 6. The molecule has 0 bridgehead atoms. The molecule has 3 amide bonds. The maximum absolute atomic E-state index is 12.7. The molecule has 0 saturated carbocycles. The molecule has 3 N–H and O–H groups in total. The van der Waals surface area contributed by atoms with Crippen molar-refractivity contribution in [2.75, 3.05) is 46.4 Å². The molecule has 3 aromatic heterocycles. The van der Waals surface area contributed by atoms with Gasteiger partial charge in [-0.15, -0.1) is 11.3 Å². The van der Waals surface area contributed by atoms with E-state index in [2.05, 4.69) is 40.2 Å². The van der Waals surface area contributed by atoms with E-state index in [1.54, 1.807) is 29.5 Å². The van der Waals surface area contributed by atoms with Gasteiger partial charge in [-0.25, -0.2) is 37.9 Å². The average molecular weight is 594 g/mol. The highest BCUT2D eigenvalue weighted by molar-refractivity contribution is 7.92. The number of aryl methyl sites for hydroxylation is 1. The zero-order chi connectivity index (χ0) is 28.8. The summed E-state index contributed by atoms with van der Waals surface area (Å²) in [6, 6.07) is 12.9. The van der Waals surface area contributed by atoms with Gasteiger partial charge in [-0.2, -0.15) is 0 Å². The summed E-state index contributed by atoms with van der Waals surface area (Å²) in [5.41, 5.74) is 1.56. The van der Waals surface area contributed by atoms with Gasteiger partial charge in [0.05, 0.1) is 17.0 Å². The van der Waals surface area contributed by atoms with Crippen LogP contribution in [0.2, 0.25) is 0 Å². The Labute approximate surface area is 240 Å². The van der Waals surface area contributed by atoms with Crippen molar-refractivity contribution in [3.63, 3.8) is 0 Å². The maximum atomic E-state index is 12.7. The molecule has 0 radical (unpaired) electrons. The van der Waals surface area contributed by atoms with Crippen molar-refractivity contribution >= 4 is 55.9 Å². The lowest BCUT2D eigenvalue weighted by molar-refractivity contribution is -0.115. The minimum atomic E-state index is -3.89. The minimum Gasteiger partial charge on any atom is -0.353 e. The van der Waals surface area contributed by atoms with Crippen LogP contribution in [0.1, 0.15) is 11.4 Å². The zero-order valence-electron chi connectivity index (χ0n) is 22.0. The van der Waals surface area contributed by atoms with Crippen molar-refractivity contribution in [1.82, 2.24) is 24.8 Å². The first-order valence-electron chi connectivity index (χ1n) is 12.6. The van der Waals surface area contributed by atoms with Crippen LogP contribution in [-0.2, 0) is 21.2 Å². The van der Waals surface area contributed by atoms with E-state index < -0.39 is 10.0 Å². The highest BCUT2D eigenvalue weighted by Crippen LogP contribution is 2.20. The highest BCUT2D eigenvalue weighted by Gasteiger charge is 2.23. The second-order valence-electron chi connectivity index (χ2n) is 9.11. The molecule has 4 aromatic rings. The summed E-state index contributed by atoms with van der Waals surface area (Å²) in [5, 5.41) is 7.65. The third kappa shape index (κ3) is 7.32. The van der Waals surface area contributed by atoms with E-state index in [4.69, 9.17) is 0 Å². The Kier molecular flexibility index (Phi) is 8.35. The van der Waals surface area contributed by atoms with E-state index in [1.807, 2.05) is 18.2 Å². The van der Waals surface area contributed by atoms with E-state index in [-0.39, 0.29) is 29.2 Å². The number of benzene rings is 1. The van der Waals surface area contributed by atoms with E-state index in [1.165, 1.54) is 41.8 Å². The third-order valence-corrected chi connectivity index (χ3v) is 8.27. The van der Waals surface area contributed by atoms with Crippen LogP contribution in [0.25, 0.3) is 0 Å². The van der Waals surface area contributed by atoms with Gasteiger partial charge in [0, 0.05) is 55.3 Å². The second kappa shape index (κ2) is 12.3. The van der Waals surface area contributed by atoms with Gasteiger partial charge in [0.1, 0.15) is 5.82 Å². The Balaban J connectivity index is 1.09. The second-order valence-corrected chi connectivity index (χ2v) is 11.7. The average Bonchev–Trinajstić information content (AvgIpc) is 3.40. The molecule has 41 heavy (non-hydrogen) atoms. The number of pyridine rings is 1. The number of sulfonamides is 1. The Morgan fingerprint density at radius 1 is 0.927 bits per heavy atom. The Hall–Kier alpha value is -4.63. The summed E-state index contributed by atoms with van der Waals surface area (Å²) >= 11 is 1.24. The molecule has 1 saturated heterocycles. The molecular formula is C26H27N9O4S2. The number of carbonyl (C=O) groups excluding carboxylic acids is 2. The van der Waals surface area contributed by atoms with Gasteiger partial charge < -0.3 is 15.1 Å². The first-order valence-corrected chi connectivity index (χ1v) is 15.0. The molecule has 212 valence electrons. The van der Waals surface area contributed by atoms with Gasteiger partial charge in [0.25, 0.3) is 10.0 Å². The lowest BCUT2D eigenvalue weighted by Crippen LogP contribution is -2.50. The summed E-state index contributed by atoms with van der Waals surface area (Å²) < 4.78 is 27.6. The fourth-order valence-corrected chi connectivity index (χ4v) is 5.71. The number of rotatable bonds is 8. The largest absolute Gasteiger partial charge is 0.353 e. The number of aromatic nitrogens is 4. The van der Waals surface area contributed by atoms with Gasteiger partial charge >= 0.3 is 6.03 Å². The number of anilines is 4. The molecular weight excluding hydrogens is 566 g/mol. The molecule has 0 aliphatic carbocycles. The quantitative estimate of drug-likeness (QED) is 0.279. The van der Waals surface area contributed by atoms with Crippen molar-refractivity contribution in [2.45, 2.75) is 18.2 Å². The van der Waals surface area contributed by atoms with E-state index in [0.717, 1.165) is 5.82 Å². The predicted octanol–water partition coefficient (Wildman–Crippen LogP) is 2.97. The normalized spacial score (nSPS) is 13.5. The summed E-state index contributed by atoms with van der Waals surface area (Å²) in [5.74, 6) is 0.534. The van der Waals surface area contributed by atoms with Crippen LogP contribution in [0.5, 0.6) is 0 Å². The highest BCUT2D eigenvalue weighted by atomic mass is 32.2. The molecule has 0 atom stereocenters. The van der Waals surface area contributed by atoms with E-state index >= 15 is 0 Å². The molecule has 4 heterocycles. The monoisotopic (exact) mass is 593 g/mol. The molecule has 13 nitrogen and oxygen atoms in total. The van der Waals surface area contributed by atoms with Crippen molar-refractivity contribution in [3.8, 4) is 0 Å². The first-order chi connectivity index (χ1) is 19.7. The fourth-order valence-electron chi connectivity index (χ4n) is 4.06. The number of thiazole rings is 1. The van der Waals surface area contributed by atoms with Gasteiger partial charge in [-0.3, -0.25) is 10.1 Å². The van der Waals surface area contributed by atoms with Crippen molar-refractivity contribution in [3.05, 3.63) is 77.7 Å². The summed E-state index contributed by atoms with van der Waals surface area (Å²) in [4.78, 5) is 45.8. The van der Waals surface area contributed by atoms with Crippen molar-refractivity contribution < 1.29 is 18.0 Å². The van der Waals surface area contributed by atoms with Crippen LogP contribution in [0.4, 0.5) is 27.4 Å². The fraction of sp³-hybridized carbons (Fsp3) is 0.231. The van der Waals surface area contributed by atoms with Gasteiger partial charge in [0.15, 0.2) is 5.13 Å². The zero-order valence-corrected chi connectivity index (χ0v) is 23.7. The number of piperazine rings is 1. The molecule has 5 rings (SSSR count). The number of amides is 3. The van der Waals surface area contributed by atoms with E-state index in [9.17, 15) is 18.0 Å². The summed E-state index contributed by atoms with van der Waals surface area (Å²) in [6.07, 6.45) is 3.20. The summed E-state index contributed by atoms with van der Waals surface area (Å²) in [7, 11) is -3.89. The van der Waals surface area contributed by atoms with Crippen LogP contribution in [0.3, 0.4) is 0 Å². The lowest BCUT2D eigenvalue weighted by atomic mass is 10.3. The number of nitrogens with one attached hydrogen (secondary N) is 3. The number of hydrogen-bond donors (Lipinski definition) is 3. The maximum Gasteiger partial charge on any atom is 0.323 e. The molecule has 1 fully saturated rings. The Bertz CT molecular complexity index is 1620. The smallest absolute Gasteiger partial charge is 0.323 e. The van der Waals surface area contributed by atoms with Crippen LogP contribution < -0.4 is 20.3 Å². The van der Waals surface area contributed by atoms with Crippen molar-refractivity contribution in [2.24, 2.45) is 0 Å². The molecule has 1 aromatic carbocycles. The molecule has 15 heteroatoms. The molecule has 1 aliphatic rings. The third-order valence-electron chi connectivity index (χ3n) is 6.12. The number of carbonyl (C=O) groups is 2. The Morgan fingerprint density at radius 2 is 1.71 bits per heavy atom. The Morgan fingerprint density at radius 3 is 2.41 bits per heavy atom. The number of hydrogen-bond acceptors (Lipinski definition) is 10. The van der Waals surface area contributed by atoms with Gasteiger partial charge in [-0.05, 0) is 49.4 Å².